The fourth-order valence-corrected chi connectivity index (χ4v) is 2.41. The predicted octanol–water partition coefficient (Wildman–Crippen LogP) is 2.35. The molecule has 1 aliphatic rings. The molecular formula is C12H14ClN3O. The lowest BCUT2D eigenvalue weighted by molar-refractivity contribution is 0.167. The number of piperidine rings is 1. The minimum absolute atomic E-state index is 0.214. The summed E-state index contributed by atoms with van der Waals surface area (Å²) in [6, 6.07) is 3.84. The van der Waals surface area contributed by atoms with E-state index in [-0.39, 0.29) is 6.10 Å². The van der Waals surface area contributed by atoms with Crippen molar-refractivity contribution >= 4 is 22.5 Å². The summed E-state index contributed by atoms with van der Waals surface area (Å²) in [6.07, 6.45) is 4.16. The first kappa shape index (κ1) is 10.9. The van der Waals surface area contributed by atoms with E-state index in [4.69, 9.17) is 16.3 Å². The summed E-state index contributed by atoms with van der Waals surface area (Å²) >= 11 is 6.30. The summed E-state index contributed by atoms with van der Waals surface area (Å²) in [5.74, 6) is 0.745. The van der Waals surface area contributed by atoms with Crippen molar-refractivity contribution in [2.75, 3.05) is 13.1 Å². The normalized spacial score (nSPS) is 20.6. The van der Waals surface area contributed by atoms with E-state index in [1.54, 1.807) is 6.20 Å². The van der Waals surface area contributed by atoms with Crippen molar-refractivity contribution in [3.8, 4) is 5.75 Å². The molecular weight excluding hydrogens is 238 g/mol. The molecule has 0 amide bonds. The zero-order valence-corrected chi connectivity index (χ0v) is 10.1. The first-order valence-corrected chi connectivity index (χ1v) is 6.21. The molecule has 0 radical (unpaired) electrons. The Morgan fingerprint density at radius 3 is 3.18 bits per heavy atom. The number of ether oxygens (including phenoxy) is 1. The monoisotopic (exact) mass is 251 g/mol. The third kappa shape index (κ3) is 2.10. The number of nitrogens with zero attached hydrogens (tertiary/aromatic N) is 1. The first-order chi connectivity index (χ1) is 8.34. The maximum absolute atomic E-state index is 6.30. The fourth-order valence-electron chi connectivity index (χ4n) is 2.15. The van der Waals surface area contributed by atoms with Crippen molar-refractivity contribution < 1.29 is 4.74 Å². The first-order valence-electron chi connectivity index (χ1n) is 5.83. The third-order valence-corrected chi connectivity index (χ3v) is 3.46. The highest BCUT2D eigenvalue weighted by Crippen LogP contribution is 2.32. The van der Waals surface area contributed by atoms with Gasteiger partial charge in [-0.05, 0) is 31.5 Å². The second-order valence-corrected chi connectivity index (χ2v) is 4.67. The van der Waals surface area contributed by atoms with Gasteiger partial charge in [0.25, 0.3) is 0 Å². The minimum atomic E-state index is 0.214. The Labute approximate surface area is 104 Å². The van der Waals surface area contributed by atoms with E-state index in [0.717, 1.165) is 42.6 Å². The fraction of sp³-hybridized carbons (Fsp3) is 0.417. The van der Waals surface area contributed by atoms with Crippen molar-refractivity contribution in [1.29, 1.82) is 0 Å². The number of aromatic amines is 1. The van der Waals surface area contributed by atoms with Crippen LogP contribution < -0.4 is 10.1 Å². The van der Waals surface area contributed by atoms with Gasteiger partial charge >= 0.3 is 0 Å². The highest BCUT2D eigenvalue weighted by molar-refractivity contribution is 6.36. The Morgan fingerprint density at radius 2 is 2.35 bits per heavy atom. The molecule has 1 aliphatic heterocycles. The van der Waals surface area contributed by atoms with Gasteiger partial charge in [0.1, 0.15) is 11.9 Å². The van der Waals surface area contributed by atoms with Crippen LogP contribution in [0.5, 0.6) is 5.75 Å². The molecule has 1 saturated heterocycles. The average molecular weight is 252 g/mol. The van der Waals surface area contributed by atoms with E-state index in [2.05, 4.69) is 15.5 Å². The summed E-state index contributed by atoms with van der Waals surface area (Å²) in [4.78, 5) is 0. The molecule has 90 valence electrons. The zero-order valence-electron chi connectivity index (χ0n) is 9.37. The number of aromatic nitrogens is 2. The molecule has 2 heterocycles. The van der Waals surface area contributed by atoms with Gasteiger partial charge in [0.05, 0.1) is 16.7 Å². The molecule has 0 bridgehead atoms. The van der Waals surface area contributed by atoms with Gasteiger partial charge in [-0.1, -0.05) is 11.6 Å². The summed E-state index contributed by atoms with van der Waals surface area (Å²) in [5.41, 5.74) is 0.934. The lowest BCUT2D eigenvalue weighted by Gasteiger charge is -2.24. The maximum atomic E-state index is 6.30. The number of hydrogen-bond donors (Lipinski definition) is 2. The van der Waals surface area contributed by atoms with Crippen LogP contribution >= 0.6 is 11.6 Å². The number of H-pyrrole nitrogens is 1. The lowest BCUT2D eigenvalue weighted by atomic mass is 10.1. The minimum Gasteiger partial charge on any atom is -0.488 e. The van der Waals surface area contributed by atoms with Gasteiger partial charge in [0.2, 0.25) is 0 Å². The van der Waals surface area contributed by atoms with Gasteiger partial charge in [-0.25, -0.2) is 0 Å². The number of benzene rings is 1. The van der Waals surface area contributed by atoms with Gasteiger partial charge in [-0.15, -0.1) is 0 Å². The molecule has 1 aromatic heterocycles. The van der Waals surface area contributed by atoms with Crippen LogP contribution in [0.25, 0.3) is 10.9 Å². The molecule has 0 spiro atoms. The molecule has 17 heavy (non-hydrogen) atoms. The van der Waals surface area contributed by atoms with Gasteiger partial charge in [0, 0.05) is 11.9 Å². The quantitative estimate of drug-likeness (QED) is 0.862. The number of nitrogens with one attached hydrogen (secondary N) is 2. The zero-order chi connectivity index (χ0) is 11.7. The van der Waals surface area contributed by atoms with Crippen molar-refractivity contribution in [2.24, 2.45) is 0 Å². The van der Waals surface area contributed by atoms with Crippen LogP contribution in [-0.4, -0.2) is 29.4 Å². The van der Waals surface area contributed by atoms with Crippen molar-refractivity contribution in [3.63, 3.8) is 0 Å². The van der Waals surface area contributed by atoms with Gasteiger partial charge in [-0.2, -0.15) is 5.10 Å². The smallest absolute Gasteiger partial charge is 0.139 e. The van der Waals surface area contributed by atoms with Crippen molar-refractivity contribution in [1.82, 2.24) is 15.5 Å². The van der Waals surface area contributed by atoms with Crippen LogP contribution in [0.3, 0.4) is 0 Å². The molecule has 1 fully saturated rings. The number of halogens is 1. The van der Waals surface area contributed by atoms with Crippen LogP contribution in [0, 0.1) is 0 Å². The van der Waals surface area contributed by atoms with E-state index < -0.39 is 0 Å². The largest absolute Gasteiger partial charge is 0.488 e. The second-order valence-electron chi connectivity index (χ2n) is 4.30. The predicted molar refractivity (Wildman–Crippen MR) is 67.6 cm³/mol. The average Bonchev–Trinajstić information content (AvgIpc) is 2.83. The van der Waals surface area contributed by atoms with Crippen LogP contribution in [0.1, 0.15) is 12.8 Å². The number of hydrogen-bond acceptors (Lipinski definition) is 3. The Kier molecular flexibility index (Phi) is 2.91. The molecule has 1 atom stereocenters. The highest BCUT2D eigenvalue weighted by atomic mass is 35.5. The summed E-state index contributed by atoms with van der Waals surface area (Å²) in [6.45, 7) is 1.97. The van der Waals surface area contributed by atoms with Crippen LogP contribution in [0.15, 0.2) is 18.3 Å². The van der Waals surface area contributed by atoms with E-state index in [9.17, 15) is 0 Å². The van der Waals surface area contributed by atoms with Crippen molar-refractivity contribution in [2.45, 2.75) is 18.9 Å². The molecule has 2 aromatic rings. The van der Waals surface area contributed by atoms with Crippen molar-refractivity contribution in [3.05, 3.63) is 23.4 Å². The maximum Gasteiger partial charge on any atom is 0.139 e. The molecule has 5 heteroatoms. The molecule has 3 rings (SSSR count). The van der Waals surface area contributed by atoms with E-state index in [1.807, 2.05) is 12.1 Å². The Morgan fingerprint density at radius 1 is 1.41 bits per heavy atom. The lowest BCUT2D eigenvalue weighted by Crippen LogP contribution is -2.37. The van der Waals surface area contributed by atoms with Gasteiger partial charge in [0.15, 0.2) is 0 Å². The summed E-state index contributed by atoms with van der Waals surface area (Å²) in [5, 5.41) is 11.7. The van der Waals surface area contributed by atoms with Crippen LogP contribution in [-0.2, 0) is 0 Å². The Bertz CT molecular complexity index is 519. The molecule has 0 saturated carbocycles. The van der Waals surface area contributed by atoms with E-state index in [1.165, 1.54) is 0 Å². The van der Waals surface area contributed by atoms with Gasteiger partial charge < -0.3 is 10.1 Å². The molecule has 2 N–H and O–H groups in total. The number of rotatable bonds is 2. The molecule has 1 unspecified atom stereocenters. The standard InChI is InChI=1S/C12H14ClN3O/c13-12-9-7-15-16-10(9)3-4-11(12)17-8-2-1-5-14-6-8/h3-4,7-8,14H,1-2,5-6H2,(H,15,16). The van der Waals surface area contributed by atoms with Gasteiger partial charge in [-0.3, -0.25) is 5.10 Å². The summed E-state index contributed by atoms with van der Waals surface area (Å²) < 4.78 is 5.93. The molecule has 4 nitrogen and oxygen atoms in total. The molecule has 1 aromatic carbocycles. The second kappa shape index (κ2) is 4.55. The van der Waals surface area contributed by atoms with Crippen LogP contribution in [0.2, 0.25) is 5.02 Å². The SMILES string of the molecule is Clc1c(OC2CCCNC2)ccc2[nH]ncc12. The third-order valence-electron chi connectivity index (χ3n) is 3.07. The Balaban J connectivity index is 1.86. The van der Waals surface area contributed by atoms with E-state index in [0.29, 0.717) is 5.02 Å². The number of fused-ring (bicyclic) bond motifs is 1. The Hall–Kier alpha value is -1.26. The van der Waals surface area contributed by atoms with E-state index >= 15 is 0 Å². The summed E-state index contributed by atoms with van der Waals surface area (Å²) in [7, 11) is 0. The van der Waals surface area contributed by atoms with Crippen LogP contribution in [0.4, 0.5) is 0 Å². The topological polar surface area (TPSA) is 49.9 Å². The highest BCUT2D eigenvalue weighted by Gasteiger charge is 2.16. The molecule has 0 aliphatic carbocycles.